The topological polar surface area (TPSA) is 41.6 Å². The van der Waals surface area contributed by atoms with E-state index in [0.29, 0.717) is 12.3 Å². The van der Waals surface area contributed by atoms with Crippen molar-refractivity contribution in [2.45, 2.75) is 26.9 Å². The van der Waals surface area contributed by atoms with Gasteiger partial charge in [0.1, 0.15) is 5.75 Å². The normalized spacial score (nSPS) is 12.2. The van der Waals surface area contributed by atoms with Gasteiger partial charge in [-0.05, 0) is 44.3 Å². The molecule has 1 unspecified atom stereocenters. The van der Waals surface area contributed by atoms with Gasteiger partial charge in [0, 0.05) is 17.6 Å². The molecule has 0 heterocycles. The fourth-order valence-corrected chi connectivity index (χ4v) is 2.06. The van der Waals surface area contributed by atoms with Crippen molar-refractivity contribution in [3.63, 3.8) is 0 Å². The van der Waals surface area contributed by atoms with Gasteiger partial charge in [-0.15, -0.1) is 0 Å². The zero-order valence-corrected chi connectivity index (χ0v) is 13.9. The van der Waals surface area contributed by atoms with Crippen molar-refractivity contribution >= 4 is 21.8 Å². The molecule has 20 heavy (non-hydrogen) atoms. The number of rotatable bonds is 8. The van der Waals surface area contributed by atoms with Crippen LogP contribution in [-0.4, -0.2) is 43.1 Å². The number of hydrogen-bond acceptors (Lipinski definition) is 3. The summed E-state index contributed by atoms with van der Waals surface area (Å²) in [5.41, 5.74) is 0. The summed E-state index contributed by atoms with van der Waals surface area (Å²) in [6.45, 7) is 9.50. The maximum atomic E-state index is 11.9. The van der Waals surface area contributed by atoms with Gasteiger partial charge in [0.15, 0.2) is 6.10 Å². The first-order valence-electron chi connectivity index (χ1n) is 6.99. The maximum absolute atomic E-state index is 11.9. The molecule has 0 spiro atoms. The lowest BCUT2D eigenvalue weighted by molar-refractivity contribution is -0.127. The summed E-state index contributed by atoms with van der Waals surface area (Å²) in [5, 5.41) is 2.90. The third-order valence-electron chi connectivity index (χ3n) is 3.12. The first kappa shape index (κ1) is 17.0. The molecule has 0 aromatic heterocycles. The van der Waals surface area contributed by atoms with Crippen LogP contribution in [0.4, 0.5) is 0 Å². The fraction of sp³-hybridized carbons (Fsp3) is 0.533. The lowest BCUT2D eigenvalue weighted by atomic mass is 10.3. The first-order chi connectivity index (χ1) is 9.56. The Hall–Kier alpha value is -1.07. The van der Waals surface area contributed by atoms with E-state index in [0.717, 1.165) is 24.1 Å². The molecule has 0 aliphatic rings. The Morgan fingerprint density at radius 1 is 1.30 bits per heavy atom. The average molecular weight is 343 g/mol. The molecule has 1 rings (SSSR count). The molecule has 0 fully saturated rings. The number of ether oxygens (including phenoxy) is 1. The molecular weight excluding hydrogens is 320 g/mol. The molecule has 1 aromatic rings. The van der Waals surface area contributed by atoms with Crippen LogP contribution in [0.3, 0.4) is 0 Å². The standard InChI is InChI=1S/C15H23BrN2O2/c1-4-18(5-2)11-10-17-15(19)12(3)20-14-8-6-13(16)7-9-14/h6-9,12H,4-5,10-11H2,1-3H3,(H,17,19). The number of nitrogens with one attached hydrogen (secondary N) is 1. The number of carbonyl (C=O) groups excluding carboxylic acids is 1. The zero-order chi connectivity index (χ0) is 15.0. The molecule has 1 N–H and O–H groups in total. The predicted octanol–water partition coefficient (Wildman–Crippen LogP) is 2.67. The average Bonchev–Trinajstić information content (AvgIpc) is 2.45. The molecule has 0 aliphatic carbocycles. The first-order valence-corrected chi connectivity index (χ1v) is 7.78. The van der Waals surface area contributed by atoms with Gasteiger partial charge in [-0.25, -0.2) is 0 Å². The van der Waals surface area contributed by atoms with Gasteiger partial charge in [-0.2, -0.15) is 0 Å². The molecule has 0 aliphatic heterocycles. The molecule has 1 atom stereocenters. The highest BCUT2D eigenvalue weighted by Gasteiger charge is 2.14. The van der Waals surface area contributed by atoms with Crippen molar-refractivity contribution in [2.75, 3.05) is 26.2 Å². The number of halogens is 1. The summed E-state index contributed by atoms with van der Waals surface area (Å²) in [4.78, 5) is 14.2. The second-order valence-electron chi connectivity index (χ2n) is 4.53. The molecule has 0 saturated heterocycles. The minimum absolute atomic E-state index is 0.0833. The number of nitrogens with zero attached hydrogens (tertiary/aromatic N) is 1. The van der Waals surface area contributed by atoms with Crippen molar-refractivity contribution in [3.8, 4) is 5.75 Å². The van der Waals surface area contributed by atoms with Crippen LogP contribution in [0.25, 0.3) is 0 Å². The van der Waals surface area contributed by atoms with Gasteiger partial charge < -0.3 is 15.0 Å². The number of carbonyl (C=O) groups is 1. The van der Waals surface area contributed by atoms with Crippen LogP contribution in [0.15, 0.2) is 28.7 Å². The third kappa shape index (κ3) is 5.92. The monoisotopic (exact) mass is 342 g/mol. The molecule has 112 valence electrons. The van der Waals surface area contributed by atoms with E-state index in [4.69, 9.17) is 4.74 Å². The summed E-state index contributed by atoms with van der Waals surface area (Å²) in [7, 11) is 0. The van der Waals surface area contributed by atoms with E-state index in [-0.39, 0.29) is 5.91 Å². The van der Waals surface area contributed by atoms with Crippen LogP contribution in [0.5, 0.6) is 5.75 Å². The second kappa shape index (κ2) is 8.97. The van der Waals surface area contributed by atoms with Crippen molar-refractivity contribution in [3.05, 3.63) is 28.7 Å². The molecule has 0 bridgehead atoms. The minimum atomic E-state index is -0.493. The summed E-state index contributed by atoms with van der Waals surface area (Å²) < 4.78 is 6.58. The summed E-state index contributed by atoms with van der Waals surface area (Å²) in [6.07, 6.45) is -0.493. The summed E-state index contributed by atoms with van der Waals surface area (Å²) in [5.74, 6) is 0.611. The molecule has 1 amide bonds. The van der Waals surface area contributed by atoms with Gasteiger partial charge in [-0.3, -0.25) is 4.79 Å². The minimum Gasteiger partial charge on any atom is -0.481 e. The van der Waals surface area contributed by atoms with Crippen LogP contribution >= 0.6 is 15.9 Å². The SMILES string of the molecule is CCN(CC)CCNC(=O)C(C)Oc1ccc(Br)cc1. The van der Waals surface area contributed by atoms with Crippen molar-refractivity contribution in [1.29, 1.82) is 0 Å². The van der Waals surface area contributed by atoms with Gasteiger partial charge in [-0.1, -0.05) is 29.8 Å². The van der Waals surface area contributed by atoms with E-state index in [1.807, 2.05) is 24.3 Å². The Labute approximate surface area is 129 Å². The van der Waals surface area contributed by atoms with E-state index < -0.39 is 6.10 Å². The van der Waals surface area contributed by atoms with Crippen molar-refractivity contribution in [2.24, 2.45) is 0 Å². The van der Waals surface area contributed by atoms with Crippen LogP contribution in [0.1, 0.15) is 20.8 Å². The Kier molecular flexibility index (Phi) is 7.62. The van der Waals surface area contributed by atoms with E-state index in [9.17, 15) is 4.79 Å². The van der Waals surface area contributed by atoms with Gasteiger partial charge in [0.05, 0.1) is 0 Å². The Morgan fingerprint density at radius 3 is 2.45 bits per heavy atom. The van der Waals surface area contributed by atoms with Crippen molar-refractivity contribution in [1.82, 2.24) is 10.2 Å². The van der Waals surface area contributed by atoms with Crippen molar-refractivity contribution < 1.29 is 9.53 Å². The summed E-state index contributed by atoms with van der Waals surface area (Å²) >= 11 is 3.36. The van der Waals surface area contributed by atoms with Gasteiger partial charge >= 0.3 is 0 Å². The van der Waals surface area contributed by atoms with Crippen LogP contribution in [0, 0.1) is 0 Å². The van der Waals surface area contributed by atoms with E-state index in [2.05, 4.69) is 40.0 Å². The Morgan fingerprint density at radius 2 is 1.90 bits per heavy atom. The highest BCUT2D eigenvalue weighted by Crippen LogP contribution is 2.17. The summed E-state index contributed by atoms with van der Waals surface area (Å²) in [6, 6.07) is 7.45. The lowest BCUT2D eigenvalue weighted by Gasteiger charge is -2.19. The Bertz CT molecular complexity index is 405. The second-order valence-corrected chi connectivity index (χ2v) is 5.45. The molecule has 4 nitrogen and oxygen atoms in total. The molecule has 1 aromatic carbocycles. The highest BCUT2D eigenvalue weighted by atomic mass is 79.9. The number of likely N-dealkylation sites (N-methyl/N-ethyl adjacent to an activating group) is 1. The molecular formula is C15H23BrN2O2. The third-order valence-corrected chi connectivity index (χ3v) is 3.65. The molecule has 0 radical (unpaired) electrons. The Balaban J connectivity index is 2.33. The van der Waals surface area contributed by atoms with Crippen LogP contribution in [0.2, 0.25) is 0 Å². The lowest BCUT2D eigenvalue weighted by Crippen LogP contribution is -2.40. The quantitative estimate of drug-likeness (QED) is 0.789. The molecule has 5 heteroatoms. The van der Waals surface area contributed by atoms with E-state index >= 15 is 0 Å². The van der Waals surface area contributed by atoms with E-state index in [1.165, 1.54) is 0 Å². The fourth-order valence-electron chi connectivity index (χ4n) is 1.79. The highest BCUT2D eigenvalue weighted by molar-refractivity contribution is 9.10. The number of hydrogen-bond donors (Lipinski definition) is 1. The number of benzene rings is 1. The van der Waals surface area contributed by atoms with Crippen LogP contribution < -0.4 is 10.1 Å². The van der Waals surface area contributed by atoms with Gasteiger partial charge in [0.2, 0.25) is 0 Å². The van der Waals surface area contributed by atoms with E-state index in [1.54, 1.807) is 6.92 Å². The smallest absolute Gasteiger partial charge is 0.260 e. The zero-order valence-electron chi connectivity index (χ0n) is 12.4. The van der Waals surface area contributed by atoms with Crippen LogP contribution in [-0.2, 0) is 4.79 Å². The molecule has 0 saturated carbocycles. The largest absolute Gasteiger partial charge is 0.481 e. The maximum Gasteiger partial charge on any atom is 0.260 e. The van der Waals surface area contributed by atoms with Gasteiger partial charge in [0.25, 0.3) is 5.91 Å². The predicted molar refractivity (Wildman–Crippen MR) is 85.0 cm³/mol. The number of amides is 1.